The van der Waals surface area contributed by atoms with Crippen molar-refractivity contribution in [2.24, 2.45) is 0 Å². The van der Waals surface area contributed by atoms with E-state index >= 15 is 0 Å². The van der Waals surface area contributed by atoms with E-state index in [0.717, 1.165) is 0 Å². The minimum absolute atomic E-state index is 0.129. The van der Waals surface area contributed by atoms with Gasteiger partial charge in [0.25, 0.3) is 0 Å². The zero-order chi connectivity index (χ0) is 11.1. The number of carboxylic acids is 1. The van der Waals surface area contributed by atoms with Crippen molar-refractivity contribution in [1.82, 2.24) is 0 Å². The minimum Gasteiger partial charge on any atom is -0.478 e. The van der Waals surface area contributed by atoms with Crippen LogP contribution in [0.25, 0.3) is 0 Å². The molecule has 0 radical (unpaired) electrons. The predicted octanol–water partition coefficient (Wildman–Crippen LogP) is 1.51. The molecule has 0 heterocycles. The van der Waals surface area contributed by atoms with Gasteiger partial charge in [0.2, 0.25) is 0 Å². The zero-order valence-corrected chi connectivity index (χ0v) is 8.23. The third kappa shape index (κ3) is 3.84. The summed E-state index contributed by atoms with van der Waals surface area (Å²) in [6.07, 6.45) is 1.26. The summed E-state index contributed by atoms with van der Waals surface area (Å²) in [7, 11) is 0. The predicted molar refractivity (Wildman–Crippen MR) is 56.6 cm³/mol. The largest absolute Gasteiger partial charge is 0.478 e. The highest BCUT2D eigenvalue weighted by Crippen LogP contribution is 2.03. The van der Waals surface area contributed by atoms with Gasteiger partial charge in [0.15, 0.2) is 0 Å². The van der Waals surface area contributed by atoms with Crippen molar-refractivity contribution < 1.29 is 15.0 Å². The average molecular weight is 204 g/mol. The molecule has 0 atom stereocenters. The lowest BCUT2D eigenvalue weighted by atomic mass is 10.1. The van der Waals surface area contributed by atoms with Crippen LogP contribution >= 0.6 is 0 Å². The first-order valence-corrected chi connectivity index (χ1v) is 4.67. The van der Waals surface area contributed by atoms with Gasteiger partial charge in [-0.3, -0.25) is 0 Å². The molecule has 0 saturated carbocycles. The van der Waals surface area contributed by atoms with Crippen molar-refractivity contribution in [2.45, 2.75) is 12.8 Å². The fraction of sp³-hybridized carbons (Fsp3) is 0.250. The van der Waals surface area contributed by atoms with Crippen molar-refractivity contribution in [1.29, 1.82) is 0 Å². The molecule has 0 aliphatic heterocycles. The summed E-state index contributed by atoms with van der Waals surface area (Å²) in [5.74, 6) is 4.77. The van der Waals surface area contributed by atoms with Crippen LogP contribution in [0.3, 0.4) is 0 Å². The van der Waals surface area contributed by atoms with Crippen molar-refractivity contribution in [3.63, 3.8) is 0 Å². The monoisotopic (exact) mass is 204 g/mol. The van der Waals surface area contributed by atoms with Gasteiger partial charge in [0.05, 0.1) is 5.56 Å². The lowest BCUT2D eigenvalue weighted by Crippen LogP contribution is -1.95. The number of carboxylic acid groups (broad SMARTS) is 1. The Kier molecular flexibility index (Phi) is 4.39. The fourth-order valence-electron chi connectivity index (χ4n) is 1.06. The number of benzene rings is 1. The SMILES string of the molecule is O=C(O)c1cccc(C#CCCCO)c1. The van der Waals surface area contributed by atoms with Gasteiger partial charge in [-0.2, -0.15) is 0 Å². The summed E-state index contributed by atoms with van der Waals surface area (Å²) in [6.45, 7) is 0.129. The molecule has 0 unspecified atom stereocenters. The molecule has 0 saturated heterocycles. The molecule has 1 aromatic carbocycles. The smallest absolute Gasteiger partial charge is 0.335 e. The van der Waals surface area contributed by atoms with E-state index in [9.17, 15) is 4.79 Å². The van der Waals surface area contributed by atoms with Gasteiger partial charge in [-0.1, -0.05) is 17.9 Å². The number of aliphatic hydroxyl groups is 1. The van der Waals surface area contributed by atoms with Crippen LogP contribution in [0.2, 0.25) is 0 Å². The highest BCUT2D eigenvalue weighted by molar-refractivity contribution is 5.87. The van der Waals surface area contributed by atoms with E-state index < -0.39 is 5.97 Å². The van der Waals surface area contributed by atoms with E-state index in [1.54, 1.807) is 12.1 Å². The molecule has 0 fully saturated rings. The Morgan fingerprint density at radius 2 is 2.20 bits per heavy atom. The number of rotatable bonds is 3. The summed E-state index contributed by atoms with van der Waals surface area (Å²) >= 11 is 0. The first kappa shape index (κ1) is 11.3. The number of aliphatic hydroxyl groups excluding tert-OH is 1. The van der Waals surface area contributed by atoms with E-state index in [2.05, 4.69) is 11.8 Å². The number of hydrogen-bond acceptors (Lipinski definition) is 2. The molecule has 0 bridgehead atoms. The molecule has 0 aromatic heterocycles. The maximum Gasteiger partial charge on any atom is 0.335 e. The first-order chi connectivity index (χ1) is 7.24. The minimum atomic E-state index is -0.950. The Labute approximate surface area is 88.4 Å². The normalized spacial score (nSPS) is 9.13. The van der Waals surface area contributed by atoms with Crippen LogP contribution < -0.4 is 0 Å². The molecule has 0 spiro atoms. The summed E-state index contributed by atoms with van der Waals surface area (Å²) in [6, 6.07) is 6.49. The molecule has 1 rings (SSSR count). The molecule has 3 heteroatoms. The van der Waals surface area contributed by atoms with Gasteiger partial charge >= 0.3 is 5.97 Å². The van der Waals surface area contributed by atoms with E-state index in [1.165, 1.54) is 12.1 Å². The van der Waals surface area contributed by atoms with Crippen molar-refractivity contribution >= 4 is 5.97 Å². The number of unbranched alkanes of at least 4 members (excludes halogenated alkanes) is 1. The van der Waals surface area contributed by atoms with Gasteiger partial charge in [-0.05, 0) is 24.6 Å². The molecule has 1 aromatic rings. The fourth-order valence-corrected chi connectivity index (χ4v) is 1.06. The van der Waals surface area contributed by atoms with Crippen LogP contribution in [0.5, 0.6) is 0 Å². The molecular weight excluding hydrogens is 192 g/mol. The molecule has 0 aliphatic carbocycles. The van der Waals surface area contributed by atoms with Crippen LogP contribution in [-0.4, -0.2) is 22.8 Å². The summed E-state index contributed by atoms with van der Waals surface area (Å²) in [4.78, 5) is 10.6. The molecule has 15 heavy (non-hydrogen) atoms. The Morgan fingerprint density at radius 1 is 1.40 bits per heavy atom. The van der Waals surface area contributed by atoms with Gasteiger partial charge in [-0.15, -0.1) is 0 Å². The van der Waals surface area contributed by atoms with Crippen LogP contribution in [0.15, 0.2) is 24.3 Å². The lowest BCUT2D eigenvalue weighted by molar-refractivity contribution is 0.0697. The summed E-state index contributed by atoms with van der Waals surface area (Å²) in [5.41, 5.74) is 0.928. The van der Waals surface area contributed by atoms with Gasteiger partial charge in [0, 0.05) is 18.6 Å². The second kappa shape index (κ2) is 5.84. The van der Waals surface area contributed by atoms with Crippen LogP contribution in [0.1, 0.15) is 28.8 Å². The maximum absolute atomic E-state index is 10.6. The molecule has 0 aliphatic rings. The van der Waals surface area contributed by atoms with Crippen molar-refractivity contribution in [2.75, 3.05) is 6.61 Å². The number of hydrogen-bond donors (Lipinski definition) is 2. The zero-order valence-electron chi connectivity index (χ0n) is 8.23. The van der Waals surface area contributed by atoms with Crippen LogP contribution in [0, 0.1) is 11.8 Å². The Bertz CT molecular complexity index is 399. The number of aromatic carboxylic acids is 1. The van der Waals surface area contributed by atoms with E-state index in [4.69, 9.17) is 10.2 Å². The standard InChI is InChI=1S/C12H12O3/c13-8-3-1-2-5-10-6-4-7-11(9-10)12(14)15/h4,6-7,9,13H,1,3,8H2,(H,14,15). The Morgan fingerprint density at radius 3 is 2.87 bits per heavy atom. The van der Waals surface area contributed by atoms with Crippen LogP contribution in [-0.2, 0) is 0 Å². The van der Waals surface area contributed by atoms with E-state index in [0.29, 0.717) is 18.4 Å². The topological polar surface area (TPSA) is 57.5 Å². The molecule has 2 N–H and O–H groups in total. The van der Waals surface area contributed by atoms with E-state index in [-0.39, 0.29) is 12.2 Å². The van der Waals surface area contributed by atoms with E-state index in [1.807, 2.05) is 0 Å². The second-order valence-corrected chi connectivity index (χ2v) is 3.01. The third-order valence-electron chi connectivity index (χ3n) is 1.80. The van der Waals surface area contributed by atoms with Gasteiger partial charge < -0.3 is 10.2 Å². The molecule has 0 amide bonds. The maximum atomic E-state index is 10.6. The van der Waals surface area contributed by atoms with Gasteiger partial charge in [0.1, 0.15) is 0 Å². The number of carbonyl (C=O) groups is 1. The highest BCUT2D eigenvalue weighted by atomic mass is 16.4. The Balaban J connectivity index is 2.72. The average Bonchev–Trinajstić information content (AvgIpc) is 2.25. The van der Waals surface area contributed by atoms with Gasteiger partial charge in [-0.25, -0.2) is 4.79 Å². The lowest BCUT2D eigenvalue weighted by Gasteiger charge is -1.94. The quantitative estimate of drug-likeness (QED) is 0.579. The third-order valence-corrected chi connectivity index (χ3v) is 1.80. The molecular formula is C12H12O3. The molecule has 78 valence electrons. The summed E-state index contributed by atoms with van der Waals surface area (Å²) in [5, 5.41) is 17.3. The summed E-state index contributed by atoms with van der Waals surface area (Å²) < 4.78 is 0. The molecule has 3 nitrogen and oxygen atoms in total. The van der Waals surface area contributed by atoms with Crippen molar-refractivity contribution in [3.8, 4) is 11.8 Å². The van der Waals surface area contributed by atoms with Crippen LogP contribution in [0.4, 0.5) is 0 Å². The highest BCUT2D eigenvalue weighted by Gasteiger charge is 2.00. The van der Waals surface area contributed by atoms with Crippen molar-refractivity contribution in [3.05, 3.63) is 35.4 Å². The Hall–Kier alpha value is -1.79. The first-order valence-electron chi connectivity index (χ1n) is 4.67. The second-order valence-electron chi connectivity index (χ2n) is 3.01.